The summed E-state index contributed by atoms with van der Waals surface area (Å²) < 4.78 is 23.0. The molecule has 0 saturated carbocycles. The van der Waals surface area contributed by atoms with E-state index in [0.29, 0.717) is 23.5 Å². The highest BCUT2D eigenvalue weighted by Crippen LogP contribution is 2.34. The van der Waals surface area contributed by atoms with Crippen molar-refractivity contribution in [1.29, 1.82) is 0 Å². The van der Waals surface area contributed by atoms with Crippen LogP contribution in [0.2, 0.25) is 0 Å². The Hall–Kier alpha value is -4.79. The number of furan rings is 1. The van der Waals surface area contributed by atoms with Crippen molar-refractivity contribution >= 4 is 34.6 Å². The van der Waals surface area contributed by atoms with Gasteiger partial charge in [-0.15, -0.1) is 0 Å². The zero-order valence-corrected chi connectivity index (χ0v) is 26.2. The molecule has 0 bridgehead atoms. The molecule has 0 aliphatic heterocycles. The second-order valence-corrected chi connectivity index (χ2v) is 11.5. The van der Waals surface area contributed by atoms with Gasteiger partial charge in [0.25, 0.3) is 0 Å². The van der Waals surface area contributed by atoms with Crippen LogP contribution in [0.25, 0.3) is 22.1 Å². The SMILES string of the molecule is CCOC(=O)Cc1ccc(NC(C)=O)cc1OCc1cc(-c2cccc(CNC(=O)OC(C)(C)C)c2)c2oc(CC)cc2c1. The second kappa shape index (κ2) is 14.1. The number of aryl methyl sites for hydroxylation is 1. The fourth-order valence-electron chi connectivity index (χ4n) is 4.72. The van der Waals surface area contributed by atoms with E-state index >= 15 is 0 Å². The van der Waals surface area contributed by atoms with Gasteiger partial charge in [-0.3, -0.25) is 9.59 Å². The van der Waals surface area contributed by atoms with Gasteiger partial charge in [-0.05, 0) is 74.7 Å². The summed E-state index contributed by atoms with van der Waals surface area (Å²) in [5.41, 5.74) is 5.01. The van der Waals surface area contributed by atoms with Crippen LogP contribution in [0.5, 0.6) is 5.75 Å². The van der Waals surface area contributed by atoms with E-state index < -0.39 is 11.7 Å². The molecule has 3 aromatic carbocycles. The Morgan fingerprint density at radius 1 is 0.932 bits per heavy atom. The van der Waals surface area contributed by atoms with Crippen LogP contribution in [0.15, 0.2) is 65.1 Å². The Morgan fingerprint density at radius 3 is 2.43 bits per heavy atom. The summed E-state index contributed by atoms with van der Waals surface area (Å²) in [4.78, 5) is 36.1. The number of nitrogens with one attached hydrogen (secondary N) is 2. The summed E-state index contributed by atoms with van der Waals surface area (Å²) in [5.74, 6) is 0.767. The van der Waals surface area contributed by atoms with E-state index in [2.05, 4.69) is 10.6 Å². The zero-order valence-electron chi connectivity index (χ0n) is 26.2. The highest BCUT2D eigenvalue weighted by molar-refractivity contribution is 5.94. The van der Waals surface area contributed by atoms with Crippen molar-refractivity contribution in [3.8, 4) is 16.9 Å². The zero-order chi connectivity index (χ0) is 31.9. The molecule has 2 N–H and O–H groups in total. The molecule has 232 valence electrons. The van der Waals surface area contributed by atoms with Gasteiger partial charge in [0.05, 0.1) is 13.0 Å². The van der Waals surface area contributed by atoms with Crippen molar-refractivity contribution in [2.45, 2.75) is 73.1 Å². The number of carbonyl (C=O) groups excluding carboxylic acids is 3. The Kier molecular flexibility index (Phi) is 10.3. The number of benzene rings is 3. The van der Waals surface area contributed by atoms with Crippen LogP contribution in [0, 0.1) is 0 Å². The fraction of sp³-hybridized carbons (Fsp3) is 0.343. The van der Waals surface area contributed by atoms with Gasteiger partial charge in [-0.1, -0.05) is 31.2 Å². The van der Waals surface area contributed by atoms with Crippen molar-refractivity contribution in [2.75, 3.05) is 11.9 Å². The minimum atomic E-state index is -0.582. The second-order valence-electron chi connectivity index (χ2n) is 11.5. The molecule has 1 aromatic heterocycles. The summed E-state index contributed by atoms with van der Waals surface area (Å²) in [7, 11) is 0. The van der Waals surface area contributed by atoms with Crippen LogP contribution in [-0.2, 0) is 45.1 Å². The molecular weight excluding hydrogens is 560 g/mol. The maximum Gasteiger partial charge on any atom is 0.407 e. The monoisotopic (exact) mass is 600 g/mol. The predicted molar refractivity (Wildman–Crippen MR) is 170 cm³/mol. The number of anilines is 1. The first-order valence-corrected chi connectivity index (χ1v) is 14.7. The summed E-state index contributed by atoms with van der Waals surface area (Å²) in [6, 6.07) is 19.2. The minimum absolute atomic E-state index is 0.0412. The van der Waals surface area contributed by atoms with Crippen LogP contribution in [0.3, 0.4) is 0 Å². The first-order valence-electron chi connectivity index (χ1n) is 14.7. The fourth-order valence-corrected chi connectivity index (χ4v) is 4.72. The van der Waals surface area contributed by atoms with Crippen LogP contribution in [-0.4, -0.2) is 30.2 Å². The summed E-state index contributed by atoms with van der Waals surface area (Å²) in [5, 5.41) is 6.52. The van der Waals surface area contributed by atoms with Gasteiger partial charge in [0.1, 0.15) is 29.3 Å². The first-order chi connectivity index (χ1) is 20.9. The molecule has 0 saturated heterocycles. The number of rotatable bonds is 11. The maximum atomic E-state index is 12.3. The Morgan fingerprint density at radius 2 is 1.73 bits per heavy atom. The number of esters is 1. The summed E-state index contributed by atoms with van der Waals surface area (Å²) >= 11 is 0. The lowest BCUT2D eigenvalue weighted by Gasteiger charge is -2.19. The van der Waals surface area contributed by atoms with Crippen LogP contribution in [0.1, 0.15) is 64.0 Å². The van der Waals surface area contributed by atoms with Gasteiger partial charge in [-0.25, -0.2) is 4.79 Å². The lowest BCUT2D eigenvalue weighted by Crippen LogP contribution is -2.32. The molecule has 4 rings (SSSR count). The highest BCUT2D eigenvalue weighted by atomic mass is 16.6. The number of hydrogen-bond acceptors (Lipinski definition) is 7. The molecule has 2 amide bonds. The van der Waals surface area contributed by atoms with E-state index in [9.17, 15) is 14.4 Å². The smallest absolute Gasteiger partial charge is 0.407 e. The Labute approximate surface area is 257 Å². The average molecular weight is 601 g/mol. The minimum Gasteiger partial charge on any atom is -0.489 e. The van der Waals surface area contributed by atoms with E-state index in [-0.39, 0.29) is 31.5 Å². The predicted octanol–water partition coefficient (Wildman–Crippen LogP) is 7.33. The summed E-state index contributed by atoms with van der Waals surface area (Å²) in [6.07, 6.45) is 0.305. The van der Waals surface area contributed by atoms with E-state index in [4.69, 9.17) is 18.6 Å². The number of alkyl carbamates (subject to hydrolysis) is 1. The van der Waals surface area contributed by atoms with Crippen molar-refractivity contribution < 1.29 is 33.0 Å². The van der Waals surface area contributed by atoms with Gasteiger partial charge in [-0.2, -0.15) is 0 Å². The largest absolute Gasteiger partial charge is 0.489 e. The lowest BCUT2D eigenvalue weighted by molar-refractivity contribution is -0.142. The molecule has 0 unspecified atom stereocenters. The lowest BCUT2D eigenvalue weighted by atomic mass is 9.99. The van der Waals surface area contributed by atoms with E-state index in [1.54, 1.807) is 25.1 Å². The maximum absolute atomic E-state index is 12.3. The molecule has 0 aliphatic carbocycles. The number of amides is 2. The summed E-state index contributed by atoms with van der Waals surface area (Å²) in [6.45, 7) is 11.5. The molecule has 44 heavy (non-hydrogen) atoms. The first kappa shape index (κ1) is 32.1. The third-order valence-corrected chi connectivity index (χ3v) is 6.57. The van der Waals surface area contributed by atoms with Gasteiger partial charge < -0.3 is 29.3 Å². The third-order valence-electron chi connectivity index (χ3n) is 6.57. The van der Waals surface area contributed by atoms with Crippen molar-refractivity contribution in [3.63, 3.8) is 0 Å². The van der Waals surface area contributed by atoms with Gasteiger partial charge in [0.2, 0.25) is 5.91 Å². The standard InChI is InChI=1S/C35H40N2O7/c1-7-29-17-27-15-24(21-42-31-19-28(37-22(3)38)13-12-26(31)18-32(39)41-8-2)16-30(33(27)43-29)25-11-9-10-23(14-25)20-36-34(40)44-35(4,5)6/h9-17,19H,7-8,18,20-21H2,1-6H3,(H,36,40)(H,37,38). The average Bonchev–Trinajstić information content (AvgIpc) is 3.38. The van der Waals surface area contributed by atoms with Gasteiger partial charge in [0.15, 0.2) is 0 Å². The molecule has 0 spiro atoms. The number of fused-ring (bicyclic) bond motifs is 1. The molecule has 4 aromatic rings. The molecule has 0 atom stereocenters. The number of carbonyl (C=O) groups is 3. The molecule has 0 fully saturated rings. The van der Waals surface area contributed by atoms with E-state index in [1.807, 2.05) is 70.2 Å². The Balaban J connectivity index is 1.64. The molecule has 1 heterocycles. The normalized spacial score (nSPS) is 11.2. The Bertz CT molecular complexity index is 1650. The highest BCUT2D eigenvalue weighted by Gasteiger charge is 2.17. The molecule has 0 aliphatic rings. The molecule has 0 radical (unpaired) electrons. The van der Waals surface area contributed by atoms with E-state index in [1.165, 1.54) is 6.92 Å². The molecule has 9 heteroatoms. The van der Waals surface area contributed by atoms with E-state index in [0.717, 1.165) is 45.4 Å². The third kappa shape index (κ3) is 8.86. The van der Waals surface area contributed by atoms with Crippen molar-refractivity contribution in [3.05, 3.63) is 83.1 Å². The quantitative estimate of drug-likeness (QED) is 0.173. The van der Waals surface area contributed by atoms with Gasteiger partial charge in [0, 0.05) is 48.2 Å². The van der Waals surface area contributed by atoms with Crippen molar-refractivity contribution in [1.82, 2.24) is 5.32 Å². The van der Waals surface area contributed by atoms with Crippen LogP contribution >= 0.6 is 0 Å². The van der Waals surface area contributed by atoms with Crippen LogP contribution < -0.4 is 15.4 Å². The molecular formula is C35H40N2O7. The molecule has 9 nitrogen and oxygen atoms in total. The van der Waals surface area contributed by atoms with Crippen molar-refractivity contribution in [2.24, 2.45) is 0 Å². The topological polar surface area (TPSA) is 116 Å². The number of ether oxygens (including phenoxy) is 3. The number of hydrogen-bond donors (Lipinski definition) is 2. The van der Waals surface area contributed by atoms with Gasteiger partial charge >= 0.3 is 12.1 Å². The van der Waals surface area contributed by atoms with Crippen LogP contribution in [0.4, 0.5) is 10.5 Å².